The van der Waals surface area contributed by atoms with E-state index >= 15 is 0 Å². The van der Waals surface area contributed by atoms with Crippen LogP contribution in [0.2, 0.25) is 5.02 Å². The first-order valence-electron chi connectivity index (χ1n) is 8.34. The van der Waals surface area contributed by atoms with Crippen LogP contribution < -0.4 is 0 Å². The van der Waals surface area contributed by atoms with Crippen LogP contribution in [-0.4, -0.2) is 50.3 Å². The van der Waals surface area contributed by atoms with Crippen molar-refractivity contribution in [3.8, 4) is 11.4 Å². The fraction of sp³-hybridized carbons (Fsp3) is 0.278. The number of nitrogens with one attached hydrogen (secondary N) is 1. The second kappa shape index (κ2) is 6.66. The third-order valence-corrected chi connectivity index (χ3v) is 4.47. The summed E-state index contributed by atoms with van der Waals surface area (Å²) in [4.78, 5) is 14.0. The van der Waals surface area contributed by atoms with Crippen molar-refractivity contribution >= 4 is 33.7 Å². The lowest BCUT2D eigenvalue weighted by Gasteiger charge is -2.09. The van der Waals surface area contributed by atoms with Crippen LogP contribution in [-0.2, 0) is 6.54 Å². The molecule has 134 valence electrons. The third-order valence-electron chi connectivity index (χ3n) is 4.25. The third kappa shape index (κ3) is 3.04. The standard InChI is InChI=1S/C18H18ClFN6/c1-25(2)6-3-7-26-15-9-11(19)8-12(20)16(15)17(24-26)14-10-22-18-13(23-14)4-5-21-18/h4-5,8-10H,3,6-7H2,1-2H3,(H,21,22). The molecule has 3 aromatic heterocycles. The molecule has 0 aliphatic rings. The maximum atomic E-state index is 14.7. The molecule has 0 saturated carbocycles. The SMILES string of the molecule is CN(C)CCCn1nc(-c2cnc3[nH]ccc3n2)c2c(F)cc(Cl)cc21. The van der Waals surface area contributed by atoms with Crippen molar-refractivity contribution in [1.82, 2.24) is 29.6 Å². The van der Waals surface area contributed by atoms with Gasteiger partial charge in [-0.3, -0.25) is 4.68 Å². The molecule has 1 N–H and O–H groups in total. The van der Waals surface area contributed by atoms with Gasteiger partial charge in [-0.2, -0.15) is 5.10 Å². The molecule has 0 aliphatic heterocycles. The van der Waals surface area contributed by atoms with E-state index in [1.165, 1.54) is 6.07 Å². The molecule has 3 heterocycles. The number of aromatic nitrogens is 5. The molecule has 0 radical (unpaired) electrons. The molecule has 1 aromatic carbocycles. The van der Waals surface area contributed by atoms with Gasteiger partial charge in [-0.25, -0.2) is 14.4 Å². The zero-order valence-electron chi connectivity index (χ0n) is 14.5. The number of H-pyrrole nitrogens is 1. The van der Waals surface area contributed by atoms with Crippen LogP contribution in [0, 0.1) is 5.82 Å². The van der Waals surface area contributed by atoms with Gasteiger partial charge in [0.1, 0.15) is 22.7 Å². The molecule has 6 nitrogen and oxygen atoms in total. The normalized spacial score (nSPS) is 11.9. The van der Waals surface area contributed by atoms with Gasteiger partial charge in [-0.15, -0.1) is 0 Å². The van der Waals surface area contributed by atoms with Gasteiger partial charge in [-0.1, -0.05) is 11.6 Å². The molecular weight excluding hydrogens is 355 g/mol. The van der Waals surface area contributed by atoms with E-state index in [2.05, 4.69) is 25.0 Å². The van der Waals surface area contributed by atoms with Crippen LogP contribution in [0.4, 0.5) is 4.39 Å². The number of rotatable bonds is 5. The summed E-state index contributed by atoms with van der Waals surface area (Å²) in [6.45, 7) is 1.57. The summed E-state index contributed by atoms with van der Waals surface area (Å²) in [6, 6.07) is 4.88. The van der Waals surface area contributed by atoms with E-state index in [1.54, 1.807) is 23.1 Å². The smallest absolute Gasteiger partial charge is 0.156 e. The maximum Gasteiger partial charge on any atom is 0.156 e. The zero-order valence-corrected chi connectivity index (χ0v) is 15.3. The first-order chi connectivity index (χ1) is 12.5. The van der Waals surface area contributed by atoms with E-state index in [1.807, 2.05) is 20.2 Å². The number of hydrogen-bond acceptors (Lipinski definition) is 4. The first kappa shape index (κ1) is 16.9. The zero-order chi connectivity index (χ0) is 18.3. The summed E-state index contributed by atoms with van der Waals surface area (Å²) < 4.78 is 16.5. The topological polar surface area (TPSA) is 62.6 Å². The van der Waals surface area contributed by atoms with Crippen molar-refractivity contribution < 1.29 is 4.39 Å². The highest BCUT2D eigenvalue weighted by molar-refractivity contribution is 6.31. The highest BCUT2D eigenvalue weighted by Crippen LogP contribution is 2.32. The van der Waals surface area contributed by atoms with Crippen LogP contribution in [0.15, 0.2) is 30.6 Å². The minimum absolute atomic E-state index is 0.350. The molecule has 8 heteroatoms. The molecule has 0 atom stereocenters. The fourth-order valence-electron chi connectivity index (χ4n) is 3.05. The molecular formula is C18H18ClFN6. The van der Waals surface area contributed by atoms with Crippen molar-refractivity contribution in [2.24, 2.45) is 0 Å². The van der Waals surface area contributed by atoms with Gasteiger partial charge >= 0.3 is 0 Å². The highest BCUT2D eigenvalue weighted by Gasteiger charge is 2.19. The van der Waals surface area contributed by atoms with Gasteiger partial charge in [0, 0.05) is 17.8 Å². The van der Waals surface area contributed by atoms with Gasteiger partial charge in [-0.05, 0) is 45.3 Å². The minimum Gasteiger partial charge on any atom is -0.345 e. The number of fused-ring (bicyclic) bond motifs is 2. The minimum atomic E-state index is -0.405. The number of hydrogen-bond donors (Lipinski definition) is 1. The van der Waals surface area contributed by atoms with Crippen molar-refractivity contribution in [3.05, 3.63) is 41.4 Å². The summed E-state index contributed by atoms with van der Waals surface area (Å²) in [6.07, 6.45) is 4.27. The van der Waals surface area contributed by atoms with Gasteiger partial charge < -0.3 is 9.88 Å². The number of aromatic amines is 1. The Morgan fingerprint density at radius 1 is 1.31 bits per heavy atom. The van der Waals surface area contributed by atoms with E-state index in [0.29, 0.717) is 45.0 Å². The van der Waals surface area contributed by atoms with Crippen LogP contribution in [0.25, 0.3) is 33.5 Å². The predicted octanol–water partition coefficient (Wildman–Crippen LogP) is 3.72. The Morgan fingerprint density at radius 3 is 2.96 bits per heavy atom. The van der Waals surface area contributed by atoms with Gasteiger partial charge in [0.15, 0.2) is 5.65 Å². The lowest BCUT2D eigenvalue weighted by Crippen LogP contribution is -2.15. The Labute approximate surface area is 154 Å². The molecule has 4 aromatic rings. The quantitative estimate of drug-likeness (QED) is 0.580. The molecule has 0 unspecified atom stereocenters. The lowest BCUT2D eigenvalue weighted by atomic mass is 10.1. The second-order valence-electron chi connectivity index (χ2n) is 6.48. The number of aryl methyl sites for hydroxylation is 1. The van der Waals surface area contributed by atoms with Crippen LogP contribution in [0.3, 0.4) is 0 Å². The largest absolute Gasteiger partial charge is 0.345 e. The highest BCUT2D eigenvalue weighted by atomic mass is 35.5. The van der Waals surface area contributed by atoms with E-state index in [4.69, 9.17) is 11.6 Å². The molecule has 0 spiro atoms. The average Bonchev–Trinajstić information content (AvgIpc) is 3.18. The number of nitrogens with zero attached hydrogens (tertiary/aromatic N) is 5. The molecule has 0 bridgehead atoms. The Hall–Kier alpha value is -2.51. The van der Waals surface area contributed by atoms with Crippen molar-refractivity contribution in [2.45, 2.75) is 13.0 Å². The Bertz CT molecular complexity index is 1080. The molecule has 26 heavy (non-hydrogen) atoms. The number of halogens is 2. The van der Waals surface area contributed by atoms with Crippen LogP contribution in [0.5, 0.6) is 0 Å². The van der Waals surface area contributed by atoms with E-state index in [-0.39, 0.29) is 0 Å². The Morgan fingerprint density at radius 2 is 2.15 bits per heavy atom. The summed E-state index contributed by atoms with van der Waals surface area (Å²) in [5.74, 6) is -0.405. The van der Waals surface area contributed by atoms with Crippen LogP contribution >= 0.6 is 11.6 Å². The molecule has 0 amide bonds. The fourth-order valence-corrected chi connectivity index (χ4v) is 3.25. The monoisotopic (exact) mass is 372 g/mol. The lowest BCUT2D eigenvalue weighted by molar-refractivity contribution is 0.383. The summed E-state index contributed by atoms with van der Waals surface area (Å²) in [7, 11) is 4.04. The van der Waals surface area contributed by atoms with E-state index < -0.39 is 5.82 Å². The predicted molar refractivity (Wildman–Crippen MR) is 101 cm³/mol. The number of benzene rings is 1. The van der Waals surface area contributed by atoms with Crippen molar-refractivity contribution in [2.75, 3.05) is 20.6 Å². The maximum absolute atomic E-state index is 14.7. The molecule has 0 aliphatic carbocycles. The molecule has 0 fully saturated rings. The second-order valence-corrected chi connectivity index (χ2v) is 6.91. The van der Waals surface area contributed by atoms with E-state index in [0.717, 1.165) is 13.0 Å². The van der Waals surface area contributed by atoms with E-state index in [9.17, 15) is 4.39 Å². The van der Waals surface area contributed by atoms with Gasteiger partial charge in [0.05, 0.1) is 17.1 Å². The Kier molecular flexibility index (Phi) is 4.34. The molecule has 4 rings (SSSR count). The summed E-state index contributed by atoms with van der Waals surface area (Å²) in [5.41, 5.74) is 3.09. The average molecular weight is 373 g/mol. The Balaban J connectivity index is 1.85. The summed E-state index contributed by atoms with van der Waals surface area (Å²) >= 11 is 6.08. The molecule has 0 saturated heterocycles. The van der Waals surface area contributed by atoms with Crippen molar-refractivity contribution in [1.29, 1.82) is 0 Å². The van der Waals surface area contributed by atoms with Crippen molar-refractivity contribution in [3.63, 3.8) is 0 Å². The first-order valence-corrected chi connectivity index (χ1v) is 8.71. The summed E-state index contributed by atoms with van der Waals surface area (Å²) in [5, 5.41) is 5.41. The van der Waals surface area contributed by atoms with Crippen LogP contribution in [0.1, 0.15) is 6.42 Å². The van der Waals surface area contributed by atoms with Gasteiger partial charge in [0.2, 0.25) is 0 Å². The van der Waals surface area contributed by atoms with Gasteiger partial charge in [0.25, 0.3) is 0 Å².